The van der Waals surface area contributed by atoms with Crippen molar-refractivity contribution in [2.24, 2.45) is 5.34 Å². The number of phenolic OH excluding ortho intramolecular Hbond substituents is 2. The maximum absolute atomic E-state index is 12.6. The predicted molar refractivity (Wildman–Crippen MR) is 186 cm³/mol. The third-order valence-electron chi connectivity index (χ3n) is 7.14. The number of carboxylic acid groups (broad SMARTS) is 2. The van der Waals surface area contributed by atoms with E-state index < -0.39 is 18.0 Å². The van der Waals surface area contributed by atoms with Gasteiger partial charge in [0, 0.05) is 28.8 Å². The number of hydrogen-bond acceptors (Lipinski definition) is 11. The summed E-state index contributed by atoms with van der Waals surface area (Å²) >= 11 is 0. The Balaban J connectivity index is 0. The number of aliphatic carboxylic acids is 2. The van der Waals surface area contributed by atoms with Gasteiger partial charge >= 0.3 is 16.5 Å². The summed E-state index contributed by atoms with van der Waals surface area (Å²) in [5, 5.41) is 53.2. The van der Waals surface area contributed by atoms with Gasteiger partial charge in [-0.3, -0.25) is 5.21 Å². The minimum Gasteiger partial charge on any atom is -0.550 e. The minimum absolute atomic E-state index is 0. The molecular weight excluding hydrogens is 691 g/mol. The number of rotatable bonds is 23. The summed E-state index contributed by atoms with van der Waals surface area (Å²) in [7, 11) is 0. The number of aromatic hydroxyl groups is 2. The van der Waals surface area contributed by atoms with E-state index in [1.165, 1.54) is 88.8 Å². The molecule has 0 aromatic heterocycles. The van der Waals surface area contributed by atoms with Crippen molar-refractivity contribution in [2.75, 3.05) is 0 Å². The van der Waals surface area contributed by atoms with E-state index in [0.29, 0.717) is 12.0 Å². The number of hydrogen-bond donors (Lipinski definition) is 2. The number of benzene rings is 2. The molecule has 0 spiro atoms. The first-order valence-corrected chi connectivity index (χ1v) is 17.1. The zero-order valence-corrected chi connectivity index (χ0v) is 30.5. The van der Waals surface area contributed by atoms with Crippen LogP contribution in [0, 0.1) is 10.1 Å². The fourth-order valence-corrected chi connectivity index (χ4v) is 4.80. The normalized spacial score (nSPS) is 11.4. The Morgan fingerprint density at radius 1 is 0.760 bits per heavy atom. The van der Waals surface area contributed by atoms with Crippen molar-refractivity contribution in [1.82, 2.24) is 0 Å². The number of phenols is 2. The van der Waals surface area contributed by atoms with Crippen LogP contribution < -0.4 is 10.2 Å². The average molecular weight is 746 g/mol. The molecule has 0 amide bonds. The van der Waals surface area contributed by atoms with E-state index in [4.69, 9.17) is 29.5 Å². The van der Waals surface area contributed by atoms with Crippen molar-refractivity contribution < 1.29 is 61.1 Å². The van der Waals surface area contributed by atoms with Crippen LogP contribution in [0.25, 0.3) is 6.08 Å². The van der Waals surface area contributed by atoms with Crippen molar-refractivity contribution >= 4 is 24.2 Å². The van der Waals surface area contributed by atoms with Gasteiger partial charge in [-0.1, -0.05) is 121 Å². The van der Waals surface area contributed by atoms with Crippen LogP contribution in [0.15, 0.2) is 59.6 Å². The Labute approximate surface area is 306 Å². The summed E-state index contributed by atoms with van der Waals surface area (Å²) in [6, 6.07) is 13.0. The van der Waals surface area contributed by atoms with Gasteiger partial charge < -0.3 is 39.7 Å². The zero-order valence-electron chi connectivity index (χ0n) is 29.5. The fourth-order valence-electron chi connectivity index (χ4n) is 4.80. The average Bonchev–Trinajstić information content (AvgIpc) is 3.03. The molecule has 0 aliphatic heterocycles. The molecule has 2 rings (SSSR count). The molecule has 2 N–H and O–H groups in total. The molecule has 0 bridgehead atoms. The van der Waals surface area contributed by atoms with Crippen LogP contribution in [-0.2, 0) is 35.8 Å². The first kappa shape index (κ1) is 48.0. The Bertz CT molecular complexity index is 1240. The monoisotopic (exact) mass is 744 g/mol. The van der Waals surface area contributed by atoms with E-state index in [1.807, 2.05) is 0 Å². The summed E-state index contributed by atoms with van der Waals surface area (Å²) < 4.78 is 0. The molecule has 2 aromatic carbocycles. The van der Waals surface area contributed by atoms with Gasteiger partial charge in [-0.15, -0.1) is 4.91 Å². The predicted octanol–water partition coefficient (Wildman–Crippen LogP) is 6.84. The number of carbonyl (C=O) groups excluding carboxylic acids is 2. The molecule has 2 aromatic rings. The minimum atomic E-state index is -1.08. The molecule has 282 valence electrons. The van der Waals surface area contributed by atoms with Crippen LogP contribution in [0.3, 0.4) is 0 Å². The van der Waals surface area contributed by atoms with Gasteiger partial charge in [-0.25, -0.2) is 0 Å². The summed E-state index contributed by atoms with van der Waals surface area (Å²) in [6.07, 6.45) is 20.3. The molecule has 1 atom stereocenters. The third-order valence-corrected chi connectivity index (χ3v) is 7.14. The van der Waals surface area contributed by atoms with Crippen molar-refractivity contribution in [3.8, 4) is 11.5 Å². The Kier molecular flexibility index (Phi) is 30.8. The van der Waals surface area contributed by atoms with Crippen molar-refractivity contribution in [2.45, 2.75) is 130 Å². The molecule has 0 saturated heterocycles. The number of carbonyl (C=O) groups is 2. The molecule has 0 aliphatic rings. The molecule has 0 aliphatic carbocycles. The van der Waals surface area contributed by atoms with Gasteiger partial charge in [-0.05, 0) is 51.0 Å². The number of unbranched alkanes of at least 4 members (excludes halogenated alkanes) is 13. The van der Waals surface area contributed by atoms with E-state index in [1.54, 1.807) is 36.4 Å². The van der Waals surface area contributed by atoms with E-state index in [-0.39, 0.29) is 50.6 Å². The SMILES string of the molecule is CC(=O)[O-].CC(=O)[O-].CCCCCCCCCCCCCCCCC(CC(=Cc1ccccc1O)O/[N+]([O-])=C/c1ccccc1O)ON=O.[Ni+2]. The van der Waals surface area contributed by atoms with Gasteiger partial charge in [0.1, 0.15) is 17.6 Å². The second-order valence-electron chi connectivity index (χ2n) is 11.6. The van der Waals surface area contributed by atoms with E-state index in [0.717, 1.165) is 39.3 Å². The molecule has 0 fully saturated rings. The number of nitrogens with zero attached hydrogens (tertiary/aromatic N) is 2. The number of carboxylic acids is 2. The van der Waals surface area contributed by atoms with Gasteiger partial charge in [0.15, 0.2) is 5.34 Å². The van der Waals surface area contributed by atoms with Crippen LogP contribution in [0.4, 0.5) is 0 Å². The Morgan fingerprint density at radius 3 is 1.58 bits per heavy atom. The van der Waals surface area contributed by atoms with Gasteiger partial charge in [0.05, 0.1) is 11.3 Å². The van der Waals surface area contributed by atoms with Gasteiger partial charge in [-0.2, -0.15) is 0 Å². The summed E-state index contributed by atoms with van der Waals surface area (Å²) in [4.78, 5) is 39.6. The second kappa shape index (κ2) is 32.1. The molecule has 0 heterocycles. The van der Waals surface area contributed by atoms with Crippen molar-refractivity contribution in [3.63, 3.8) is 0 Å². The van der Waals surface area contributed by atoms with Crippen molar-refractivity contribution in [3.05, 3.63) is 75.5 Å². The smallest absolute Gasteiger partial charge is 0.550 e. The van der Waals surface area contributed by atoms with Crippen LogP contribution in [0.1, 0.15) is 135 Å². The van der Waals surface area contributed by atoms with Crippen LogP contribution in [-0.4, -0.2) is 39.4 Å². The Morgan fingerprint density at radius 2 is 1.16 bits per heavy atom. The molecule has 50 heavy (non-hydrogen) atoms. The Hall–Kier alpha value is -4.12. The third kappa shape index (κ3) is 28.9. The molecule has 0 radical (unpaired) electrons. The molecule has 1 unspecified atom stereocenters. The van der Waals surface area contributed by atoms with Gasteiger partial charge in [0.2, 0.25) is 6.21 Å². The molecular formula is C37H54N2NiO10. The maximum atomic E-state index is 12.6. The quantitative estimate of drug-likeness (QED) is 0.0231. The topological polar surface area (TPSA) is 195 Å². The summed E-state index contributed by atoms with van der Waals surface area (Å²) in [6.45, 7) is 4.20. The van der Waals surface area contributed by atoms with Crippen LogP contribution >= 0.6 is 0 Å². The van der Waals surface area contributed by atoms with Gasteiger partial charge in [0.25, 0.3) is 0 Å². The first-order valence-electron chi connectivity index (χ1n) is 17.1. The van der Waals surface area contributed by atoms with E-state index in [2.05, 4.69) is 12.3 Å². The van der Waals surface area contributed by atoms with E-state index in [9.17, 15) is 20.3 Å². The van der Waals surface area contributed by atoms with Crippen LogP contribution in [0.5, 0.6) is 11.5 Å². The standard InChI is InChI=1S/C33H48N2O6.2C2H4O2.Ni/c1-2-3-4-5-6-7-8-9-10-11-12-13-14-15-22-30(40-34-38)26-31(25-28-20-16-18-23-32(28)36)41-35(39)27-29-21-17-19-24-33(29)37;2*1-2(3)4;/h16-21,23-25,27,30,36-37H,2-15,22,26H2,1H3;2*1H3,(H,3,4);/q;;;+2/p-2/b31-25?,35-27+;;;. The maximum Gasteiger partial charge on any atom is 2.00 e. The molecule has 0 saturated carbocycles. The van der Waals surface area contributed by atoms with Crippen molar-refractivity contribution in [1.29, 1.82) is 0 Å². The zero-order chi connectivity index (χ0) is 36.7. The fraction of sp³-hybridized carbons (Fsp3) is 0.541. The van der Waals surface area contributed by atoms with Crippen LogP contribution in [0.2, 0.25) is 0 Å². The molecule has 13 heteroatoms. The summed E-state index contributed by atoms with van der Waals surface area (Å²) in [5.41, 5.74) is 0.738. The van der Waals surface area contributed by atoms with E-state index >= 15 is 0 Å². The number of para-hydroxylation sites is 2. The largest absolute Gasteiger partial charge is 2.00 e. The summed E-state index contributed by atoms with van der Waals surface area (Å²) in [5.74, 6) is -2.02. The molecule has 12 nitrogen and oxygen atoms in total. The second-order valence-corrected chi connectivity index (χ2v) is 11.6. The first-order chi connectivity index (χ1) is 23.5.